The summed E-state index contributed by atoms with van der Waals surface area (Å²) in [5.41, 5.74) is 5.37. The maximum Gasteiger partial charge on any atom is 0.305 e. The van der Waals surface area contributed by atoms with Gasteiger partial charge in [0, 0.05) is 11.8 Å². The van der Waals surface area contributed by atoms with E-state index < -0.39 is 17.9 Å². The van der Waals surface area contributed by atoms with Crippen molar-refractivity contribution >= 4 is 23.6 Å². The van der Waals surface area contributed by atoms with E-state index in [9.17, 15) is 9.59 Å². The molecule has 1 amide bonds. The van der Waals surface area contributed by atoms with E-state index in [4.69, 9.17) is 10.8 Å². The molecular weight excluding hydrogens is 216 g/mol. The standard InChI is InChI=1S/C9H18N2O3S/c1-6(15-2)3-4-11-9(14)7(10)5-8(12)13/h6-7H,3-5,10H2,1-2H3,(H,11,14)(H,12,13). The molecule has 0 aromatic heterocycles. The van der Waals surface area contributed by atoms with E-state index >= 15 is 0 Å². The number of carbonyl (C=O) groups is 2. The molecule has 15 heavy (non-hydrogen) atoms. The maximum atomic E-state index is 11.2. The number of thioether (sulfide) groups is 1. The molecule has 0 aromatic carbocycles. The molecule has 0 aliphatic carbocycles. The fourth-order valence-corrected chi connectivity index (χ4v) is 1.28. The van der Waals surface area contributed by atoms with Crippen molar-refractivity contribution in [2.45, 2.75) is 31.1 Å². The van der Waals surface area contributed by atoms with Crippen LogP contribution in [0, 0.1) is 0 Å². The number of rotatable bonds is 7. The summed E-state index contributed by atoms with van der Waals surface area (Å²) in [5.74, 6) is -1.46. The predicted molar refractivity (Wildman–Crippen MR) is 60.8 cm³/mol. The number of aliphatic carboxylic acids is 1. The zero-order valence-corrected chi connectivity index (χ0v) is 9.84. The molecule has 2 unspecified atom stereocenters. The lowest BCUT2D eigenvalue weighted by molar-refractivity contribution is -0.139. The van der Waals surface area contributed by atoms with E-state index in [1.54, 1.807) is 11.8 Å². The molecule has 0 rings (SSSR count). The van der Waals surface area contributed by atoms with Gasteiger partial charge in [0.15, 0.2) is 0 Å². The van der Waals surface area contributed by atoms with E-state index in [0.29, 0.717) is 11.8 Å². The summed E-state index contributed by atoms with van der Waals surface area (Å²) in [4.78, 5) is 21.5. The van der Waals surface area contributed by atoms with Crippen LogP contribution in [0.15, 0.2) is 0 Å². The van der Waals surface area contributed by atoms with Crippen LogP contribution in [-0.4, -0.2) is 41.1 Å². The van der Waals surface area contributed by atoms with Gasteiger partial charge in [-0.2, -0.15) is 11.8 Å². The van der Waals surface area contributed by atoms with Gasteiger partial charge in [-0.1, -0.05) is 6.92 Å². The van der Waals surface area contributed by atoms with Crippen molar-refractivity contribution in [1.29, 1.82) is 0 Å². The number of nitrogens with one attached hydrogen (secondary N) is 1. The number of hydrogen-bond acceptors (Lipinski definition) is 4. The molecule has 88 valence electrons. The first kappa shape index (κ1) is 14.2. The first-order valence-electron chi connectivity index (χ1n) is 4.75. The van der Waals surface area contributed by atoms with Crippen molar-refractivity contribution < 1.29 is 14.7 Å². The van der Waals surface area contributed by atoms with Crippen molar-refractivity contribution in [3.63, 3.8) is 0 Å². The van der Waals surface area contributed by atoms with Crippen LogP contribution in [-0.2, 0) is 9.59 Å². The van der Waals surface area contributed by atoms with Crippen molar-refractivity contribution in [2.75, 3.05) is 12.8 Å². The summed E-state index contributed by atoms with van der Waals surface area (Å²) in [6, 6.07) is -0.952. The van der Waals surface area contributed by atoms with Crippen LogP contribution < -0.4 is 11.1 Å². The van der Waals surface area contributed by atoms with E-state index in [-0.39, 0.29) is 6.42 Å². The number of amides is 1. The van der Waals surface area contributed by atoms with Gasteiger partial charge in [0.25, 0.3) is 0 Å². The van der Waals surface area contributed by atoms with Crippen LogP contribution in [0.1, 0.15) is 19.8 Å². The summed E-state index contributed by atoms with van der Waals surface area (Å²) in [6.45, 7) is 2.60. The molecule has 0 heterocycles. The minimum Gasteiger partial charge on any atom is -0.481 e. The van der Waals surface area contributed by atoms with Crippen molar-refractivity contribution in [3.8, 4) is 0 Å². The van der Waals surface area contributed by atoms with Crippen molar-refractivity contribution in [3.05, 3.63) is 0 Å². The lowest BCUT2D eigenvalue weighted by atomic mass is 10.2. The quantitative estimate of drug-likeness (QED) is 0.578. The summed E-state index contributed by atoms with van der Waals surface area (Å²) in [7, 11) is 0. The fraction of sp³-hybridized carbons (Fsp3) is 0.778. The van der Waals surface area contributed by atoms with E-state index in [1.807, 2.05) is 6.26 Å². The van der Waals surface area contributed by atoms with Gasteiger partial charge in [-0.15, -0.1) is 0 Å². The molecule has 0 aliphatic rings. The average Bonchev–Trinajstić information content (AvgIpc) is 2.16. The number of nitrogens with two attached hydrogens (primary N) is 1. The van der Waals surface area contributed by atoms with Crippen molar-refractivity contribution in [1.82, 2.24) is 5.32 Å². The lowest BCUT2D eigenvalue weighted by Crippen LogP contribution is -2.42. The minimum absolute atomic E-state index is 0.329. The number of hydrogen-bond donors (Lipinski definition) is 3. The van der Waals surface area contributed by atoms with Crippen molar-refractivity contribution in [2.24, 2.45) is 5.73 Å². The molecule has 0 bridgehead atoms. The monoisotopic (exact) mass is 234 g/mol. The highest BCUT2D eigenvalue weighted by Gasteiger charge is 2.16. The van der Waals surface area contributed by atoms with E-state index in [1.165, 1.54) is 0 Å². The third-order valence-electron chi connectivity index (χ3n) is 1.98. The fourth-order valence-electron chi connectivity index (χ4n) is 0.928. The lowest BCUT2D eigenvalue weighted by Gasteiger charge is -2.12. The first-order valence-corrected chi connectivity index (χ1v) is 6.04. The zero-order valence-electron chi connectivity index (χ0n) is 9.03. The smallest absolute Gasteiger partial charge is 0.305 e. The van der Waals surface area contributed by atoms with E-state index in [2.05, 4.69) is 12.2 Å². The Labute approximate surface area is 93.8 Å². The van der Waals surface area contributed by atoms with Gasteiger partial charge in [-0.05, 0) is 12.7 Å². The van der Waals surface area contributed by atoms with Gasteiger partial charge in [0.05, 0.1) is 12.5 Å². The maximum absolute atomic E-state index is 11.2. The molecule has 0 spiro atoms. The van der Waals surface area contributed by atoms with Crippen LogP contribution in [0.25, 0.3) is 0 Å². The number of carboxylic acid groups (broad SMARTS) is 1. The molecule has 0 aromatic rings. The van der Waals surface area contributed by atoms with Gasteiger partial charge in [0.1, 0.15) is 0 Å². The van der Waals surface area contributed by atoms with Crippen LogP contribution >= 0.6 is 11.8 Å². The Morgan fingerprint density at radius 2 is 2.13 bits per heavy atom. The molecule has 2 atom stereocenters. The third-order valence-corrected chi connectivity index (χ3v) is 3.02. The van der Waals surface area contributed by atoms with E-state index in [0.717, 1.165) is 6.42 Å². The Bertz CT molecular complexity index is 223. The van der Waals surface area contributed by atoms with Crippen LogP contribution in [0.2, 0.25) is 0 Å². The molecule has 5 nitrogen and oxygen atoms in total. The largest absolute Gasteiger partial charge is 0.481 e. The average molecular weight is 234 g/mol. The van der Waals surface area contributed by atoms with Gasteiger partial charge in [-0.25, -0.2) is 0 Å². The molecule has 0 saturated heterocycles. The van der Waals surface area contributed by atoms with Crippen LogP contribution in [0.3, 0.4) is 0 Å². The minimum atomic E-state index is -1.06. The molecular formula is C9H18N2O3S. The highest BCUT2D eigenvalue weighted by atomic mass is 32.2. The molecule has 0 saturated carbocycles. The Kier molecular flexibility index (Phi) is 7.15. The number of carbonyl (C=O) groups excluding carboxylic acids is 1. The first-order chi connectivity index (χ1) is 6.97. The normalized spacial score (nSPS) is 14.3. The Hall–Kier alpha value is -0.750. The molecule has 0 radical (unpaired) electrons. The van der Waals surface area contributed by atoms with Gasteiger partial charge in [-0.3, -0.25) is 9.59 Å². The summed E-state index contributed by atoms with van der Waals surface area (Å²) >= 11 is 1.72. The summed E-state index contributed by atoms with van der Waals surface area (Å²) in [5, 5.41) is 11.5. The molecule has 0 fully saturated rings. The highest BCUT2D eigenvalue weighted by molar-refractivity contribution is 7.99. The second-order valence-electron chi connectivity index (χ2n) is 3.33. The predicted octanol–water partition coefficient (Wildman–Crippen LogP) is 0.0462. The second kappa shape index (κ2) is 7.53. The zero-order chi connectivity index (χ0) is 11.8. The number of carboxylic acids is 1. The molecule has 0 aliphatic heterocycles. The van der Waals surface area contributed by atoms with Gasteiger partial charge < -0.3 is 16.2 Å². The van der Waals surface area contributed by atoms with Crippen LogP contribution in [0.4, 0.5) is 0 Å². The topological polar surface area (TPSA) is 92.4 Å². The summed E-state index contributed by atoms with van der Waals surface area (Å²) in [6.07, 6.45) is 2.53. The Morgan fingerprint density at radius 3 is 2.60 bits per heavy atom. The van der Waals surface area contributed by atoms with Gasteiger partial charge in [0.2, 0.25) is 5.91 Å². The Morgan fingerprint density at radius 1 is 1.53 bits per heavy atom. The highest BCUT2D eigenvalue weighted by Crippen LogP contribution is 2.07. The van der Waals surface area contributed by atoms with Gasteiger partial charge >= 0.3 is 5.97 Å². The Balaban J connectivity index is 3.69. The SMILES string of the molecule is CSC(C)CCNC(=O)C(N)CC(=O)O. The second-order valence-corrected chi connectivity index (χ2v) is 4.61. The molecule has 6 heteroatoms. The van der Waals surface area contributed by atoms with Crippen LogP contribution in [0.5, 0.6) is 0 Å². The molecule has 4 N–H and O–H groups in total. The summed E-state index contributed by atoms with van der Waals surface area (Å²) < 4.78 is 0. The third kappa shape index (κ3) is 7.21.